The molecule has 0 heterocycles. The molecule has 2 aliphatic carbocycles. The summed E-state index contributed by atoms with van der Waals surface area (Å²) in [5, 5.41) is 2.98. The van der Waals surface area contributed by atoms with E-state index >= 15 is 0 Å². The SMILES string of the molecule is CN(C)C(CNC(=O)C1(N)CC1)C1CC1.Cl.Cl. The van der Waals surface area contributed by atoms with Crippen molar-refractivity contribution in [3.63, 3.8) is 0 Å². The Balaban J connectivity index is 0.00000128. The van der Waals surface area contributed by atoms with E-state index in [1.54, 1.807) is 0 Å². The highest BCUT2D eigenvalue weighted by Gasteiger charge is 2.46. The second-order valence-corrected chi connectivity index (χ2v) is 5.23. The van der Waals surface area contributed by atoms with Gasteiger partial charge in [0.15, 0.2) is 0 Å². The van der Waals surface area contributed by atoms with Crippen LogP contribution in [0.3, 0.4) is 0 Å². The minimum atomic E-state index is -0.527. The topological polar surface area (TPSA) is 58.4 Å². The van der Waals surface area contributed by atoms with Gasteiger partial charge in [-0.15, -0.1) is 24.8 Å². The summed E-state index contributed by atoms with van der Waals surface area (Å²) in [5.74, 6) is 0.809. The van der Waals surface area contributed by atoms with Gasteiger partial charge in [0, 0.05) is 12.6 Å². The highest BCUT2D eigenvalue weighted by molar-refractivity contribution is 5.89. The molecule has 4 nitrogen and oxygen atoms in total. The molecule has 0 saturated heterocycles. The summed E-state index contributed by atoms with van der Waals surface area (Å²) in [5.41, 5.74) is 5.29. The molecule has 0 spiro atoms. The number of hydrogen-bond acceptors (Lipinski definition) is 3. The van der Waals surface area contributed by atoms with E-state index in [1.807, 2.05) is 0 Å². The van der Waals surface area contributed by atoms with E-state index in [1.165, 1.54) is 12.8 Å². The Hall–Kier alpha value is -0.0300. The first-order chi connectivity index (χ1) is 7.03. The van der Waals surface area contributed by atoms with Crippen LogP contribution in [0, 0.1) is 5.92 Å². The molecule has 2 rings (SSSR count). The largest absolute Gasteiger partial charge is 0.353 e. The van der Waals surface area contributed by atoms with Crippen LogP contribution in [0.2, 0.25) is 0 Å². The molecule has 0 aromatic rings. The van der Waals surface area contributed by atoms with Crippen molar-refractivity contribution in [1.29, 1.82) is 0 Å². The van der Waals surface area contributed by atoms with Crippen molar-refractivity contribution in [3.8, 4) is 0 Å². The van der Waals surface area contributed by atoms with Crippen LogP contribution in [-0.4, -0.2) is 43.0 Å². The second-order valence-electron chi connectivity index (χ2n) is 5.23. The lowest BCUT2D eigenvalue weighted by Crippen LogP contribution is -2.48. The van der Waals surface area contributed by atoms with E-state index in [4.69, 9.17) is 5.73 Å². The van der Waals surface area contributed by atoms with Crippen molar-refractivity contribution in [1.82, 2.24) is 10.2 Å². The van der Waals surface area contributed by atoms with Gasteiger partial charge in [-0.05, 0) is 45.7 Å². The maximum Gasteiger partial charge on any atom is 0.240 e. The van der Waals surface area contributed by atoms with E-state index in [0.717, 1.165) is 25.3 Å². The van der Waals surface area contributed by atoms with Gasteiger partial charge >= 0.3 is 0 Å². The van der Waals surface area contributed by atoms with Gasteiger partial charge in [0.05, 0.1) is 5.54 Å². The van der Waals surface area contributed by atoms with Crippen molar-refractivity contribution >= 4 is 30.7 Å². The predicted octanol–water partition coefficient (Wildman–Crippen LogP) is 0.778. The van der Waals surface area contributed by atoms with Gasteiger partial charge in [-0.25, -0.2) is 0 Å². The van der Waals surface area contributed by atoms with Gasteiger partial charge in [0.2, 0.25) is 5.91 Å². The third kappa shape index (κ3) is 4.28. The Morgan fingerprint density at radius 3 is 2.29 bits per heavy atom. The standard InChI is InChI=1S/C11H21N3O.2ClH/c1-14(2)9(8-3-4-8)7-13-10(15)11(12)5-6-11;;/h8-9H,3-7,12H2,1-2H3,(H,13,15);2*1H. The van der Waals surface area contributed by atoms with Crippen LogP contribution < -0.4 is 11.1 Å². The number of amides is 1. The number of carbonyl (C=O) groups excluding carboxylic acids is 1. The third-order valence-corrected chi connectivity index (χ3v) is 3.54. The maximum atomic E-state index is 11.6. The summed E-state index contributed by atoms with van der Waals surface area (Å²) in [6.07, 6.45) is 4.28. The van der Waals surface area contributed by atoms with Crippen LogP contribution in [0.1, 0.15) is 25.7 Å². The Labute approximate surface area is 115 Å². The zero-order valence-corrected chi connectivity index (χ0v) is 12.1. The average molecular weight is 284 g/mol. The van der Waals surface area contributed by atoms with Gasteiger partial charge in [-0.2, -0.15) is 0 Å². The predicted molar refractivity (Wildman–Crippen MR) is 73.9 cm³/mol. The Kier molecular flexibility index (Phi) is 6.22. The fourth-order valence-electron chi connectivity index (χ4n) is 1.99. The highest BCUT2D eigenvalue weighted by atomic mass is 35.5. The quantitative estimate of drug-likeness (QED) is 0.784. The molecule has 6 heteroatoms. The normalized spacial score (nSPS) is 22.1. The summed E-state index contributed by atoms with van der Waals surface area (Å²) < 4.78 is 0. The Morgan fingerprint density at radius 2 is 1.94 bits per heavy atom. The molecule has 2 aliphatic rings. The summed E-state index contributed by atoms with van der Waals surface area (Å²) in [7, 11) is 4.15. The van der Waals surface area contributed by atoms with E-state index in [-0.39, 0.29) is 30.7 Å². The van der Waals surface area contributed by atoms with Crippen LogP contribution in [0.5, 0.6) is 0 Å². The smallest absolute Gasteiger partial charge is 0.240 e. The number of nitrogens with zero attached hydrogens (tertiary/aromatic N) is 1. The number of nitrogens with one attached hydrogen (secondary N) is 1. The molecule has 102 valence electrons. The summed E-state index contributed by atoms with van der Waals surface area (Å²) in [4.78, 5) is 13.8. The number of halogens is 2. The van der Waals surface area contributed by atoms with Crippen LogP contribution in [0.25, 0.3) is 0 Å². The molecule has 2 fully saturated rings. The summed E-state index contributed by atoms with van der Waals surface area (Å²) >= 11 is 0. The fraction of sp³-hybridized carbons (Fsp3) is 0.909. The number of hydrogen-bond donors (Lipinski definition) is 2. The first-order valence-electron chi connectivity index (χ1n) is 5.76. The van der Waals surface area contributed by atoms with Gasteiger partial charge in [-0.3, -0.25) is 4.79 Å². The second kappa shape index (κ2) is 6.23. The fourth-order valence-corrected chi connectivity index (χ4v) is 1.99. The minimum absolute atomic E-state index is 0. The number of carbonyl (C=O) groups is 1. The molecule has 0 aromatic heterocycles. The third-order valence-electron chi connectivity index (χ3n) is 3.54. The molecule has 3 N–H and O–H groups in total. The highest BCUT2D eigenvalue weighted by Crippen LogP contribution is 2.35. The van der Waals surface area contributed by atoms with E-state index in [2.05, 4.69) is 24.3 Å². The summed E-state index contributed by atoms with van der Waals surface area (Å²) in [6.45, 7) is 0.745. The Morgan fingerprint density at radius 1 is 1.41 bits per heavy atom. The van der Waals surface area contributed by atoms with Crippen LogP contribution in [0.4, 0.5) is 0 Å². The van der Waals surface area contributed by atoms with Crippen molar-refractivity contribution in [2.24, 2.45) is 11.7 Å². The van der Waals surface area contributed by atoms with Crippen molar-refractivity contribution in [3.05, 3.63) is 0 Å². The van der Waals surface area contributed by atoms with Gasteiger partial charge < -0.3 is 16.0 Å². The molecule has 0 aromatic carbocycles. The molecule has 2 saturated carbocycles. The molecule has 0 aliphatic heterocycles. The first kappa shape index (κ1) is 17.0. The molecular formula is C11H23Cl2N3O. The number of likely N-dealkylation sites (N-methyl/N-ethyl adjacent to an activating group) is 1. The van der Waals surface area contributed by atoms with E-state index in [0.29, 0.717) is 6.04 Å². The van der Waals surface area contributed by atoms with E-state index in [9.17, 15) is 4.79 Å². The van der Waals surface area contributed by atoms with Crippen LogP contribution in [0.15, 0.2) is 0 Å². The average Bonchev–Trinajstić information content (AvgIpc) is 3.01. The number of rotatable bonds is 5. The lowest BCUT2D eigenvalue weighted by atomic mass is 10.1. The molecule has 0 bridgehead atoms. The lowest BCUT2D eigenvalue weighted by Gasteiger charge is -2.25. The van der Waals surface area contributed by atoms with Crippen molar-refractivity contribution in [2.75, 3.05) is 20.6 Å². The van der Waals surface area contributed by atoms with Crippen molar-refractivity contribution in [2.45, 2.75) is 37.3 Å². The molecule has 17 heavy (non-hydrogen) atoms. The summed E-state index contributed by atoms with van der Waals surface area (Å²) in [6, 6.07) is 0.483. The molecule has 0 radical (unpaired) electrons. The molecule has 1 unspecified atom stereocenters. The molecular weight excluding hydrogens is 261 g/mol. The first-order valence-corrected chi connectivity index (χ1v) is 5.76. The zero-order chi connectivity index (χ0) is 11.1. The molecule has 1 amide bonds. The van der Waals surface area contributed by atoms with Gasteiger partial charge in [0.25, 0.3) is 0 Å². The number of nitrogens with two attached hydrogens (primary N) is 1. The van der Waals surface area contributed by atoms with Crippen LogP contribution >= 0.6 is 24.8 Å². The van der Waals surface area contributed by atoms with Crippen LogP contribution in [-0.2, 0) is 4.79 Å². The van der Waals surface area contributed by atoms with Crippen molar-refractivity contribution < 1.29 is 4.79 Å². The maximum absolute atomic E-state index is 11.6. The minimum Gasteiger partial charge on any atom is -0.353 e. The van der Waals surface area contributed by atoms with Gasteiger partial charge in [0.1, 0.15) is 0 Å². The molecule has 1 atom stereocenters. The lowest BCUT2D eigenvalue weighted by molar-refractivity contribution is -0.123. The zero-order valence-electron chi connectivity index (χ0n) is 10.4. The monoisotopic (exact) mass is 283 g/mol. The Bertz CT molecular complexity index is 263. The van der Waals surface area contributed by atoms with Gasteiger partial charge in [-0.1, -0.05) is 0 Å². The van der Waals surface area contributed by atoms with E-state index < -0.39 is 5.54 Å².